The van der Waals surface area contributed by atoms with Gasteiger partial charge < -0.3 is 14.4 Å². The molecule has 0 aromatic heterocycles. The summed E-state index contributed by atoms with van der Waals surface area (Å²) in [5, 5.41) is 0. The van der Waals surface area contributed by atoms with Gasteiger partial charge in [0.05, 0.1) is 5.92 Å². The molecule has 0 spiro atoms. The van der Waals surface area contributed by atoms with Crippen LogP contribution in [-0.4, -0.2) is 50.2 Å². The third kappa shape index (κ3) is 18.9. The first-order chi connectivity index (χ1) is 14.4. The Morgan fingerprint density at radius 1 is 0.800 bits per heavy atom. The summed E-state index contributed by atoms with van der Waals surface area (Å²) in [5.74, 6) is -0.501. The zero-order valence-electron chi connectivity index (χ0n) is 20.5. The van der Waals surface area contributed by atoms with E-state index in [-0.39, 0.29) is 24.5 Å². The Kier molecular flexibility index (Phi) is 19.1. The van der Waals surface area contributed by atoms with Crippen LogP contribution in [0.5, 0.6) is 0 Å². The van der Waals surface area contributed by atoms with E-state index in [0.29, 0.717) is 6.42 Å². The number of unbranched alkanes of at least 4 members (excludes halogenated alkanes) is 10. The fraction of sp³-hybridized carbons (Fsp3) is 0.920. The molecule has 0 radical (unpaired) electrons. The van der Waals surface area contributed by atoms with Crippen LogP contribution in [0.15, 0.2) is 0 Å². The predicted molar refractivity (Wildman–Crippen MR) is 125 cm³/mol. The van der Waals surface area contributed by atoms with Crippen LogP contribution >= 0.6 is 0 Å². The number of hydrogen-bond acceptors (Lipinski definition) is 5. The Morgan fingerprint density at radius 2 is 1.33 bits per heavy atom. The number of ether oxygens (including phenoxy) is 2. The third-order valence-electron chi connectivity index (χ3n) is 5.42. The molecule has 0 rings (SSSR count). The Labute approximate surface area is 186 Å². The van der Waals surface area contributed by atoms with E-state index in [9.17, 15) is 9.59 Å². The fourth-order valence-corrected chi connectivity index (χ4v) is 3.43. The highest BCUT2D eigenvalue weighted by Crippen LogP contribution is 2.15. The van der Waals surface area contributed by atoms with E-state index in [1.165, 1.54) is 64.2 Å². The summed E-state index contributed by atoms with van der Waals surface area (Å²) in [7, 11) is 3.95. The molecule has 30 heavy (non-hydrogen) atoms. The van der Waals surface area contributed by atoms with Crippen molar-refractivity contribution in [2.24, 2.45) is 5.92 Å². The standard InChI is InChI=1S/C25H49NO4/c1-6-7-8-9-10-11-12-13-14-15-16-18-22(2)25(28)29-21-23(3)30-24(27)19-17-20-26(4)5/h22-23H,6-21H2,1-5H3. The maximum Gasteiger partial charge on any atom is 0.308 e. The van der Waals surface area contributed by atoms with Crippen LogP contribution in [0, 0.1) is 5.92 Å². The Hall–Kier alpha value is -1.10. The second kappa shape index (κ2) is 19.8. The highest BCUT2D eigenvalue weighted by molar-refractivity contribution is 5.72. The van der Waals surface area contributed by atoms with E-state index in [1.54, 1.807) is 6.92 Å². The van der Waals surface area contributed by atoms with Crippen molar-refractivity contribution in [2.45, 2.75) is 117 Å². The molecule has 0 aliphatic rings. The van der Waals surface area contributed by atoms with Gasteiger partial charge in [-0.05, 0) is 40.4 Å². The summed E-state index contributed by atoms with van der Waals surface area (Å²) in [5.41, 5.74) is 0. The minimum atomic E-state index is -0.394. The van der Waals surface area contributed by atoms with Crippen LogP contribution < -0.4 is 0 Å². The molecule has 5 heteroatoms. The van der Waals surface area contributed by atoms with Gasteiger partial charge in [-0.15, -0.1) is 0 Å². The summed E-state index contributed by atoms with van der Waals surface area (Å²) in [4.78, 5) is 25.9. The highest BCUT2D eigenvalue weighted by Gasteiger charge is 2.17. The molecule has 0 heterocycles. The molecule has 2 atom stereocenters. The van der Waals surface area contributed by atoms with Crippen molar-refractivity contribution in [2.75, 3.05) is 27.2 Å². The Balaban J connectivity index is 3.62. The average Bonchev–Trinajstić information content (AvgIpc) is 2.69. The van der Waals surface area contributed by atoms with Gasteiger partial charge in [0.25, 0.3) is 0 Å². The van der Waals surface area contributed by atoms with E-state index >= 15 is 0 Å². The Morgan fingerprint density at radius 3 is 1.87 bits per heavy atom. The van der Waals surface area contributed by atoms with Gasteiger partial charge >= 0.3 is 11.9 Å². The summed E-state index contributed by atoms with van der Waals surface area (Å²) < 4.78 is 10.6. The van der Waals surface area contributed by atoms with Gasteiger partial charge in [-0.25, -0.2) is 0 Å². The van der Waals surface area contributed by atoms with Crippen molar-refractivity contribution >= 4 is 11.9 Å². The molecular formula is C25H49NO4. The lowest BCUT2D eigenvalue weighted by Gasteiger charge is -2.16. The Bertz CT molecular complexity index is 425. The first-order valence-corrected chi connectivity index (χ1v) is 12.4. The van der Waals surface area contributed by atoms with E-state index in [4.69, 9.17) is 9.47 Å². The zero-order valence-corrected chi connectivity index (χ0v) is 20.5. The SMILES string of the molecule is CCCCCCCCCCCCCC(C)C(=O)OCC(C)OC(=O)CCCN(C)C. The molecule has 0 amide bonds. The minimum absolute atomic E-state index is 0.0911. The zero-order chi connectivity index (χ0) is 22.6. The van der Waals surface area contributed by atoms with Gasteiger partial charge in [0.15, 0.2) is 0 Å². The molecule has 2 unspecified atom stereocenters. The van der Waals surface area contributed by atoms with Gasteiger partial charge in [-0.3, -0.25) is 9.59 Å². The van der Waals surface area contributed by atoms with Crippen molar-refractivity contribution < 1.29 is 19.1 Å². The van der Waals surface area contributed by atoms with E-state index in [0.717, 1.165) is 25.8 Å². The number of rotatable bonds is 20. The summed E-state index contributed by atoms with van der Waals surface area (Å²) >= 11 is 0. The van der Waals surface area contributed by atoms with Gasteiger partial charge in [0.1, 0.15) is 12.7 Å². The predicted octanol–water partition coefficient (Wildman–Crippen LogP) is 6.14. The smallest absolute Gasteiger partial charge is 0.308 e. The number of nitrogens with zero attached hydrogens (tertiary/aromatic N) is 1. The molecule has 0 aromatic carbocycles. The monoisotopic (exact) mass is 427 g/mol. The first kappa shape index (κ1) is 28.9. The molecule has 0 fully saturated rings. The van der Waals surface area contributed by atoms with Crippen molar-refractivity contribution in [1.29, 1.82) is 0 Å². The second-order valence-electron chi connectivity index (χ2n) is 9.06. The van der Waals surface area contributed by atoms with Crippen LogP contribution in [-0.2, 0) is 19.1 Å². The van der Waals surface area contributed by atoms with E-state index in [1.807, 2.05) is 25.9 Å². The topological polar surface area (TPSA) is 55.8 Å². The number of carbonyl (C=O) groups excluding carboxylic acids is 2. The lowest BCUT2D eigenvalue weighted by atomic mass is 10.0. The number of esters is 2. The van der Waals surface area contributed by atoms with Crippen molar-refractivity contribution in [1.82, 2.24) is 4.90 Å². The average molecular weight is 428 g/mol. The van der Waals surface area contributed by atoms with Crippen LogP contribution in [0.3, 0.4) is 0 Å². The van der Waals surface area contributed by atoms with Crippen molar-refractivity contribution in [3.8, 4) is 0 Å². The third-order valence-corrected chi connectivity index (χ3v) is 5.42. The molecule has 0 bridgehead atoms. The van der Waals surface area contributed by atoms with E-state index in [2.05, 4.69) is 6.92 Å². The van der Waals surface area contributed by atoms with Gasteiger partial charge in [0.2, 0.25) is 0 Å². The molecule has 0 saturated heterocycles. The fourth-order valence-electron chi connectivity index (χ4n) is 3.43. The molecule has 5 nitrogen and oxygen atoms in total. The van der Waals surface area contributed by atoms with Crippen molar-refractivity contribution in [3.05, 3.63) is 0 Å². The number of hydrogen-bond donors (Lipinski definition) is 0. The van der Waals surface area contributed by atoms with Crippen LogP contribution in [0.2, 0.25) is 0 Å². The van der Waals surface area contributed by atoms with Gasteiger partial charge in [0, 0.05) is 6.42 Å². The van der Waals surface area contributed by atoms with Gasteiger partial charge in [-0.2, -0.15) is 0 Å². The minimum Gasteiger partial charge on any atom is -0.462 e. The maximum atomic E-state index is 12.1. The van der Waals surface area contributed by atoms with Crippen LogP contribution in [0.25, 0.3) is 0 Å². The summed E-state index contributed by atoms with van der Waals surface area (Å²) in [6, 6.07) is 0. The summed E-state index contributed by atoms with van der Waals surface area (Å²) in [6.45, 7) is 6.95. The molecule has 0 N–H and O–H groups in total. The van der Waals surface area contributed by atoms with Crippen LogP contribution in [0.4, 0.5) is 0 Å². The largest absolute Gasteiger partial charge is 0.462 e. The first-order valence-electron chi connectivity index (χ1n) is 12.4. The second-order valence-corrected chi connectivity index (χ2v) is 9.06. The molecule has 0 aliphatic heterocycles. The van der Waals surface area contributed by atoms with Crippen molar-refractivity contribution in [3.63, 3.8) is 0 Å². The lowest BCUT2D eigenvalue weighted by Crippen LogP contribution is -2.25. The summed E-state index contributed by atoms with van der Waals surface area (Å²) in [6.07, 6.45) is 16.0. The van der Waals surface area contributed by atoms with Crippen LogP contribution in [0.1, 0.15) is 111 Å². The normalized spacial score (nSPS) is 13.3. The lowest BCUT2D eigenvalue weighted by molar-refractivity contribution is -0.160. The molecule has 0 saturated carbocycles. The molecule has 0 aliphatic carbocycles. The van der Waals surface area contributed by atoms with Gasteiger partial charge in [-0.1, -0.05) is 84.5 Å². The quantitative estimate of drug-likeness (QED) is 0.172. The maximum absolute atomic E-state index is 12.1. The molecule has 0 aromatic rings. The number of carbonyl (C=O) groups is 2. The van der Waals surface area contributed by atoms with E-state index < -0.39 is 6.10 Å². The molecular weight excluding hydrogens is 378 g/mol. The molecule has 178 valence electrons. The highest BCUT2D eigenvalue weighted by atomic mass is 16.6.